The molecule has 0 aliphatic rings. The van der Waals surface area contributed by atoms with Crippen LogP contribution in [0.5, 0.6) is 0 Å². The first-order valence-corrected chi connectivity index (χ1v) is 4.94. The number of anilines is 2. The van der Waals surface area contributed by atoms with E-state index in [4.69, 9.17) is 0 Å². The van der Waals surface area contributed by atoms with E-state index in [-0.39, 0.29) is 0 Å². The summed E-state index contributed by atoms with van der Waals surface area (Å²) in [5, 5.41) is 3.37. The van der Waals surface area contributed by atoms with Gasteiger partial charge < -0.3 is 0 Å². The Morgan fingerprint density at radius 1 is 0.800 bits per heavy atom. The molecule has 0 saturated heterocycles. The Kier molecular flexibility index (Phi) is 2.63. The molecule has 15 heavy (non-hydrogen) atoms. The first kappa shape index (κ1) is 9.65. The molecule has 0 amide bonds. The predicted octanol–water partition coefficient (Wildman–Crippen LogP) is 1.08. The number of pyridine rings is 2. The zero-order valence-electron chi connectivity index (χ0n) is 9.01. The summed E-state index contributed by atoms with van der Waals surface area (Å²) >= 11 is 0. The number of hydrogen-bond donors (Lipinski definition) is 1. The van der Waals surface area contributed by atoms with Gasteiger partial charge in [-0.05, 0) is 12.1 Å². The minimum absolute atomic E-state index is 1.07. The van der Waals surface area contributed by atoms with Gasteiger partial charge >= 0.3 is 0 Å². The SMILES string of the molecule is C[n+]1ccccc1Nc1cccc[n+]1C. The van der Waals surface area contributed by atoms with Crippen LogP contribution in [0.4, 0.5) is 11.6 Å². The number of aryl methyl sites for hydroxylation is 2. The number of nitrogens with zero attached hydrogens (tertiary/aromatic N) is 2. The van der Waals surface area contributed by atoms with Crippen molar-refractivity contribution in [2.24, 2.45) is 14.1 Å². The average Bonchev–Trinajstić information content (AvgIpc) is 2.24. The molecule has 1 N–H and O–H groups in total. The molecule has 0 atom stereocenters. The van der Waals surface area contributed by atoms with Crippen molar-refractivity contribution in [3.05, 3.63) is 48.8 Å². The van der Waals surface area contributed by atoms with Crippen LogP contribution in [0.25, 0.3) is 0 Å². The molecule has 76 valence electrons. The Bertz CT molecular complexity index is 422. The van der Waals surface area contributed by atoms with Crippen LogP contribution in [0.15, 0.2) is 48.8 Å². The van der Waals surface area contributed by atoms with Crippen molar-refractivity contribution in [2.75, 3.05) is 5.32 Å². The van der Waals surface area contributed by atoms with Gasteiger partial charge in [0.25, 0.3) is 11.6 Å². The topological polar surface area (TPSA) is 19.8 Å². The van der Waals surface area contributed by atoms with Crippen molar-refractivity contribution in [3.63, 3.8) is 0 Å². The zero-order valence-corrected chi connectivity index (χ0v) is 9.01. The number of hydrogen-bond acceptors (Lipinski definition) is 1. The second-order valence-electron chi connectivity index (χ2n) is 3.52. The molecule has 2 aromatic rings. The van der Waals surface area contributed by atoms with E-state index in [1.807, 2.05) is 72.0 Å². The summed E-state index contributed by atoms with van der Waals surface area (Å²) in [5.74, 6) is 2.14. The molecule has 2 rings (SSSR count). The van der Waals surface area contributed by atoms with Crippen LogP contribution in [0.1, 0.15) is 0 Å². The van der Waals surface area contributed by atoms with E-state index in [0.717, 1.165) is 11.6 Å². The van der Waals surface area contributed by atoms with Crippen molar-refractivity contribution >= 4 is 11.6 Å². The Morgan fingerprint density at radius 2 is 1.27 bits per heavy atom. The van der Waals surface area contributed by atoms with E-state index in [1.54, 1.807) is 0 Å². The number of nitrogens with one attached hydrogen (secondary N) is 1. The highest BCUT2D eigenvalue weighted by Crippen LogP contribution is 2.06. The van der Waals surface area contributed by atoms with Crippen molar-refractivity contribution in [3.8, 4) is 0 Å². The number of rotatable bonds is 2. The summed E-state index contributed by atoms with van der Waals surface area (Å²) in [5.41, 5.74) is 0. The standard InChI is InChI=1S/C12H14N3/c1-14-9-5-3-7-11(14)13-12-8-4-6-10-15(12)2/h3-10H,1-2H3/q+1/p+1. The molecule has 0 unspecified atom stereocenters. The van der Waals surface area contributed by atoms with Crippen LogP contribution >= 0.6 is 0 Å². The van der Waals surface area contributed by atoms with E-state index in [9.17, 15) is 0 Å². The summed E-state index contributed by atoms with van der Waals surface area (Å²) < 4.78 is 4.10. The van der Waals surface area contributed by atoms with Gasteiger partial charge in [0.1, 0.15) is 0 Å². The van der Waals surface area contributed by atoms with Gasteiger partial charge in [0, 0.05) is 12.1 Å². The highest BCUT2D eigenvalue weighted by Gasteiger charge is 2.09. The van der Waals surface area contributed by atoms with E-state index in [2.05, 4.69) is 5.32 Å². The zero-order chi connectivity index (χ0) is 10.7. The van der Waals surface area contributed by atoms with E-state index >= 15 is 0 Å². The quantitative estimate of drug-likeness (QED) is 0.721. The third-order valence-corrected chi connectivity index (χ3v) is 2.37. The third kappa shape index (κ3) is 2.13. The van der Waals surface area contributed by atoms with Crippen LogP contribution < -0.4 is 14.5 Å². The Hall–Kier alpha value is -1.90. The van der Waals surface area contributed by atoms with E-state index < -0.39 is 0 Å². The fourth-order valence-electron chi connectivity index (χ4n) is 1.44. The minimum Gasteiger partial charge on any atom is -0.237 e. The summed E-state index contributed by atoms with van der Waals surface area (Å²) in [6, 6.07) is 12.2. The number of aromatic nitrogens is 2. The Labute approximate surface area is 89.6 Å². The van der Waals surface area contributed by atoms with Gasteiger partial charge in [-0.2, -0.15) is 0 Å². The molecule has 3 heteroatoms. The van der Waals surface area contributed by atoms with Gasteiger partial charge in [0.05, 0.1) is 26.5 Å². The van der Waals surface area contributed by atoms with E-state index in [1.165, 1.54) is 0 Å². The fraction of sp³-hybridized carbons (Fsp3) is 0.167. The first-order chi connectivity index (χ1) is 7.27. The molecule has 0 fully saturated rings. The lowest BCUT2D eigenvalue weighted by atomic mass is 10.4. The average molecular weight is 201 g/mol. The van der Waals surface area contributed by atoms with Crippen LogP contribution in [0.2, 0.25) is 0 Å². The molecule has 0 aromatic carbocycles. The molecule has 0 saturated carbocycles. The van der Waals surface area contributed by atoms with E-state index in [0.29, 0.717) is 0 Å². The van der Waals surface area contributed by atoms with Crippen molar-refractivity contribution in [2.45, 2.75) is 0 Å². The summed E-state index contributed by atoms with van der Waals surface area (Å²) in [6.45, 7) is 0. The third-order valence-electron chi connectivity index (χ3n) is 2.37. The molecular formula is C12H15N3+2. The molecule has 0 aliphatic carbocycles. The highest BCUT2D eigenvalue weighted by molar-refractivity contribution is 5.44. The molecule has 0 spiro atoms. The van der Waals surface area contributed by atoms with Crippen molar-refractivity contribution in [1.82, 2.24) is 0 Å². The summed E-state index contributed by atoms with van der Waals surface area (Å²) in [6.07, 6.45) is 4.04. The maximum atomic E-state index is 3.37. The Morgan fingerprint density at radius 3 is 1.67 bits per heavy atom. The second-order valence-corrected chi connectivity index (χ2v) is 3.52. The van der Waals surface area contributed by atoms with Gasteiger partial charge in [0.2, 0.25) is 0 Å². The van der Waals surface area contributed by atoms with Crippen molar-refractivity contribution < 1.29 is 9.13 Å². The maximum Gasteiger partial charge on any atom is 0.282 e. The lowest BCUT2D eigenvalue weighted by Crippen LogP contribution is -2.35. The summed E-state index contributed by atoms with van der Waals surface area (Å²) in [7, 11) is 4.04. The molecule has 0 bridgehead atoms. The summed E-state index contributed by atoms with van der Waals surface area (Å²) in [4.78, 5) is 0. The highest BCUT2D eigenvalue weighted by atomic mass is 15.2. The smallest absolute Gasteiger partial charge is 0.237 e. The molecule has 3 nitrogen and oxygen atoms in total. The molecular weight excluding hydrogens is 186 g/mol. The largest absolute Gasteiger partial charge is 0.282 e. The lowest BCUT2D eigenvalue weighted by molar-refractivity contribution is -0.665. The minimum atomic E-state index is 1.07. The van der Waals surface area contributed by atoms with Crippen LogP contribution in [-0.2, 0) is 14.1 Å². The normalized spacial score (nSPS) is 10.0. The van der Waals surface area contributed by atoms with Crippen LogP contribution in [0, 0.1) is 0 Å². The predicted molar refractivity (Wildman–Crippen MR) is 58.5 cm³/mol. The Balaban J connectivity index is 2.30. The van der Waals surface area contributed by atoms with Gasteiger partial charge in [-0.1, -0.05) is 12.1 Å². The van der Waals surface area contributed by atoms with Gasteiger partial charge in [-0.25, -0.2) is 14.5 Å². The molecule has 0 radical (unpaired) electrons. The molecule has 2 aromatic heterocycles. The van der Waals surface area contributed by atoms with Gasteiger partial charge in [0.15, 0.2) is 0 Å². The first-order valence-electron chi connectivity index (χ1n) is 4.94. The fourth-order valence-corrected chi connectivity index (χ4v) is 1.44. The van der Waals surface area contributed by atoms with Gasteiger partial charge in [-0.15, -0.1) is 0 Å². The maximum absolute atomic E-state index is 3.37. The lowest BCUT2D eigenvalue weighted by Gasteiger charge is -2.02. The van der Waals surface area contributed by atoms with Gasteiger partial charge in [-0.3, -0.25) is 0 Å². The molecule has 2 heterocycles. The second kappa shape index (κ2) is 4.09. The molecule has 0 aliphatic heterocycles. The monoisotopic (exact) mass is 201 g/mol. The van der Waals surface area contributed by atoms with Crippen LogP contribution in [0.3, 0.4) is 0 Å². The van der Waals surface area contributed by atoms with Crippen molar-refractivity contribution in [1.29, 1.82) is 0 Å². The van der Waals surface area contributed by atoms with Crippen LogP contribution in [-0.4, -0.2) is 0 Å².